The second-order valence-corrected chi connectivity index (χ2v) is 9.07. The Labute approximate surface area is 154 Å². The van der Waals surface area contributed by atoms with Crippen LogP contribution in [0.4, 0.5) is 5.69 Å². The van der Waals surface area contributed by atoms with Crippen LogP contribution in [-0.4, -0.2) is 43.3 Å². The second-order valence-electron chi connectivity index (χ2n) is 6.84. The van der Waals surface area contributed by atoms with Crippen molar-refractivity contribution in [2.75, 3.05) is 23.4 Å². The molecule has 1 aromatic heterocycles. The number of hydrogen-bond donors (Lipinski definition) is 1. The standard InChI is InChI=1S/C19H24N2O4S/c1-14-5-3-7-18(15(14)2)20-19(22)12-21(11-17-6-4-9-25-17)16-8-10-26(23,24)13-16/h3-7,9,16H,8,10-13H2,1-2H3,(H,20,22). The molecule has 0 aliphatic carbocycles. The first-order valence-corrected chi connectivity index (χ1v) is 10.5. The van der Waals surface area contributed by atoms with Gasteiger partial charge in [-0.1, -0.05) is 12.1 Å². The summed E-state index contributed by atoms with van der Waals surface area (Å²) in [7, 11) is -3.03. The minimum atomic E-state index is -3.03. The number of sulfone groups is 1. The van der Waals surface area contributed by atoms with Crippen molar-refractivity contribution in [1.29, 1.82) is 0 Å². The highest BCUT2D eigenvalue weighted by Gasteiger charge is 2.33. The lowest BCUT2D eigenvalue weighted by molar-refractivity contribution is -0.118. The Kier molecular flexibility index (Phi) is 5.48. The second kappa shape index (κ2) is 7.63. The quantitative estimate of drug-likeness (QED) is 0.838. The molecular weight excluding hydrogens is 352 g/mol. The highest BCUT2D eigenvalue weighted by atomic mass is 32.2. The van der Waals surface area contributed by atoms with Crippen molar-refractivity contribution in [2.45, 2.75) is 32.9 Å². The van der Waals surface area contributed by atoms with Gasteiger partial charge >= 0.3 is 0 Å². The normalized spacial score (nSPS) is 19.0. The van der Waals surface area contributed by atoms with E-state index < -0.39 is 9.84 Å². The molecule has 3 rings (SSSR count). The Morgan fingerprint density at radius 2 is 2.08 bits per heavy atom. The fourth-order valence-corrected chi connectivity index (χ4v) is 5.00. The molecule has 140 valence electrons. The monoisotopic (exact) mass is 376 g/mol. The number of aryl methyl sites for hydroxylation is 1. The highest BCUT2D eigenvalue weighted by Crippen LogP contribution is 2.21. The van der Waals surface area contributed by atoms with Gasteiger partial charge in [-0.3, -0.25) is 9.69 Å². The van der Waals surface area contributed by atoms with Gasteiger partial charge < -0.3 is 9.73 Å². The Hall–Kier alpha value is -2.12. The third-order valence-corrected chi connectivity index (χ3v) is 6.64. The van der Waals surface area contributed by atoms with E-state index in [4.69, 9.17) is 4.42 Å². The maximum atomic E-state index is 12.6. The summed E-state index contributed by atoms with van der Waals surface area (Å²) in [5, 5.41) is 2.94. The lowest BCUT2D eigenvalue weighted by Gasteiger charge is -2.26. The van der Waals surface area contributed by atoms with Gasteiger partial charge in [0.15, 0.2) is 9.84 Å². The first kappa shape index (κ1) is 18.7. The van der Waals surface area contributed by atoms with Crippen molar-refractivity contribution in [3.63, 3.8) is 0 Å². The fourth-order valence-electron chi connectivity index (χ4n) is 3.24. The average molecular weight is 376 g/mol. The molecule has 26 heavy (non-hydrogen) atoms. The number of rotatable bonds is 6. The smallest absolute Gasteiger partial charge is 0.238 e. The first-order valence-electron chi connectivity index (χ1n) is 8.67. The number of anilines is 1. The summed E-state index contributed by atoms with van der Waals surface area (Å²) in [6.45, 7) is 4.49. The van der Waals surface area contributed by atoms with Gasteiger partial charge in [0.05, 0.1) is 30.9 Å². The molecule has 1 aliphatic heterocycles. The Morgan fingerprint density at radius 3 is 2.73 bits per heavy atom. The van der Waals surface area contributed by atoms with Crippen molar-refractivity contribution in [2.24, 2.45) is 0 Å². The van der Waals surface area contributed by atoms with Crippen LogP contribution in [0.15, 0.2) is 41.0 Å². The number of hydrogen-bond acceptors (Lipinski definition) is 5. The predicted molar refractivity (Wildman–Crippen MR) is 101 cm³/mol. The molecular formula is C19H24N2O4S. The molecule has 1 saturated heterocycles. The third kappa shape index (κ3) is 4.53. The van der Waals surface area contributed by atoms with Crippen LogP contribution in [0, 0.1) is 13.8 Å². The zero-order valence-corrected chi connectivity index (χ0v) is 15.9. The van der Waals surface area contributed by atoms with Crippen LogP contribution in [0.3, 0.4) is 0 Å². The summed E-state index contributed by atoms with van der Waals surface area (Å²) >= 11 is 0. The lowest BCUT2D eigenvalue weighted by Crippen LogP contribution is -2.41. The molecule has 2 heterocycles. The van der Waals surface area contributed by atoms with Crippen molar-refractivity contribution in [3.8, 4) is 0 Å². The molecule has 0 bridgehead atoms. The summed E-state index contributed by atoms with van der Waals surface area (Å²) in [5.74, 6) is 0.818. The van der Waals surface area contributed by atoms with E-state index in [1.807, 2.05) is 43.0 Å². The van der Waals surface area contributed by atoms with E-state index in [-0.39, 0.29) is 30.0 Å². The molecule has 1 unspecified atom stereocenters. The van der Waals surface area contributed by atoms with Gasteiger partial charge in [-0.15, -0.1) is 0 Å². The van der Waals surface area contributed by atoms with Gasteiger partial charge in [0.25, 0.3) is 0 Å². The maximum absolute atomic E-state index is 12.6. The number of nitrogens with zero attached hydrogens (tertiary/aromatic N) is 1. The Bertz CT molecular complexity index is 875. The topological polar surface area (TPSA) is 79.6 Å². The average Bonchev–Trinajstić information content (AvgIpc) is 3.20. The Morgan fingerprint density at radius 1 is 1.27 bits per heavy atom. The van der Waals surface area contributed by atoms with E-state index in [0.717, 1.165) is 16.8 Å². The molecule has 1 N–H and O–H groups in total. The van der Waals surface area contributed by atoms with Crippen molar-refractivity contribution < 1.29 is 17.6 Å². The number of carbonyl (C=O) groups is 1. The predicted octanol–water partition coefficient (Wildman–Crippen LogP) is 2.52. The van der Waals surface area contributed by atoms with Gasteiger partial charge in [-0.2, -0.15) is 0 Å². The molecule has 1 amide bonds. The van der Waals surface area contributed by atoms with E-state index in [1.54, 1.807) is 12.3 Å². The van der Waals surface area contributed by atoms with Crippen LogP contribution >= 0.6 is 0 Å². The Balaban J connectivity index is 1.72. The van der Waals surface area contributed by atoms with Crippen LogP contribution in [0.5, 0.6) is 0 Å². The largest absolute Gasteiger partial charge is 0.468 e. The van der Waals surface area contributed by atoms with Gasteiger partial charge in [-0.25, -0.2) is 8.42 Å². The minimum absolute atomic E-state index is 0.0878. The summed E-state index contributed by atoms with van der Waals surface area (Å²) in [5.41, 5.74) is 2.92. The molecule has 1 aromatic carbocycles. The van der Waals surface area contributed by atoms with Crippen LogP contribution in [0.1, 0.15) is 23.3 Å². The zero-order chi connectivity index (χ0) is 18.7. The van der Waals surface area contributed by atoms with Crippen LogP contribution < -0.4 is 5.32 Å². The summed E-state index contributed by atoms with van der Waals surface area (Å²) in [6.07, 6.45) is 2.12. The van der Waals surface area contributed by atoms with Crippen molar-refractivity contribution in [3.05, 3.63) is 53.5 Å². The van der Waals surface area contributed by atoms with Crippen molar-refractivity contribution >= 4 is 21.4 Å². The summed E-state index contributed by atoms with van der Waals surface area (Å²) < 4.78 is 29.1. The highest BCUT2D eigenvalue weighted by molar-refractivity contribution is 7.91. The van der Waals surface area contributed by atoms with Crippen molar-refractivity contribution in [1.82, 2.24) is 4.90 Å². The van der Waals surface area contributed by atoms with E-state index in [9.17, 15) is 13.2 Å². The van der Waals surface area contributed by atoms with E-state index in [2.05, 4.69) is 5.32 Å². The van der Waals surface area contributed by atoms with Crippen LogP contribution in [0.2, 0.25) is 0 Å². The maximum Gasteiger partial charge on any atom is 0.238 e. The molecule has 7 heteroatoms. The summed E-state index contributed by atoms with van der Waals surface area (Å²) in [6, 6.07) is 9.22. The summed E-state index contributed by atoms with van der Waals surface area (Å²) in [4.78, 5) is 14.5. The van der Waals surface area contributed by atoms with Gasteiger partial charge in [0.2, 0.25) is 5.91 Å². The van der Waals surface area contributed by atoms with Crippen LogP contribution in [0.25, 0.3) is 0 Å². The van der Waals surface area contributed by atoms with E-state index >= 15 is 0 Å². The van der Waals surface area contributed by atoms with E-state index in [1.165, 1.54) is 0 Å². The number of nitrogens with one attached hydrogen (secondary N) is 1. The molecule has 0 radical (unpaired) electrons. The van der Waals surface area contributed by atoms with Crippen LogP contribution in [-0.2, 0) is 21.2 Å². The van der Waals surface area contributed by atoms with Gasteiger partial charge in [-0.05, 0) is 49.6 Å². The third-order valence-electron chi connectivity index (χ3n) is 4.89. The SMILES string of the molecule is Cc1cccc(NC(=O)CN(Cc2ccco2)C2CCS(=O)(=O)C2)c1C. The zero-order valence-electron chi connectivity index (χ0n) is 15.1. The molecule has 1 aliphatic rings. The first-order chi connectivity index (χ1) is 12.3. The molecule has 6 nitrogen and oxygen atoms in total. The van der Waals surface area contributed by atoms with Gasteiger partial charge in [0, 0.05) is 11.7 Å². The molecule has 2 aromatic rings. The minimum Gasteiger partial charge on any atom is -0.468 e. The van der Waals surface area contributed by atoms with Gasteiger partial charge in [0.1, 0.15) is 5.76 Å². The molecule has 1 fully saturated rings. The number of amides is 1. The number of benzene rings is 1. The molecule has 0 spiro atoms. The molecule has 1 atom stereocenters. The number of carbonyl (C=O) groups excluding carboxylic acids is 1. The lowest BCUT2D eigenvalue weighted by atomic mass is 10.1. The van der Waals surface area contributed by atoms with E-state index in [0.29, 0.717) is 18.7 Å². The fraction of sp³-hybridized carbons (Fsp3) is 0.421. The number of furan rings is 1. The molecule has 0 saturated carbocycles.